The van der Waals surface area contributed by atoms with Gasteiger partial charge in [0.1, 0.15) is 23.1 Å². The minimum Gasteiger partial charge on any atom is -0.497 e. The lowest BCUT2D eigenvalue weighted by Crippen LogP contribution is -2.19. The van der Waals surface area contributed by atoms with E-state index in [1.54, 1.807) is 19.5 Å². The lowest BCUT2D eigenvalue weighted by atomic mass is 10.1. The fraction of sp³-hybridized carbons (Fsp3) is 0.174. The van der Waals surface area contributed by atoms with Gasteiger partial charge in [0.25, 0.3) is 0 Å². The van der Waals surface area contributed by atoms with Crippen molar-refractivity contribution in [3.8, 4) is 28.3 Å². The molecule has 0 aliphatic carbocycles. The van der Waals surface area contributed by atoms with Crippen molar-refractivity contribution in [3.05, 3.63) is 72.9 Å². The summed E-state index contributed by atoms with van der Waals surface area (Å²) < 4.78 is 11.0. The molecule has 3 aromatic heterocycles. The summed E-state index contributed by atoms with van der Waals surface area (Å²) in [4.78, 5) is 15.8. The Kier molecular flexibility index (Phi) is 5.24. The summed E-state index contributed by atoms with van der Waals surface area (Å²) in [6.07, 6.45) is 5.04. The molecule has 0 amide bonds. The predicted octanol–water partition coefficient (Wildman–Crippen LogP) is 5.49. The van der Waals surface area contributed by atoms with Gasteiger partial charge in [-0.25, -0.2) is 15.0 Å². The molecule has 1 aromatic carbocycles. The summed E-state index contributed by atoms with van der Waals surface area (Å²) >= 11 is 0. The number of pyridine rings is 2. The third-order valence-electron chi connectivity index (χ3n) is 4.65. The van der Waals surface area contributed by atoms with Crippen molar-refractivity contribution >= 4 is 11.6 Å². The van der Waals surface area contributed by atoms with Gasteiger partial charge >= 0.3 is 0 Å². The van der Waals surface area contributed by atoms with Crippen LogP contribution in [0.1, 0.15) is 19.4 Å². The van der Waals surface area contributed by atoms with Crippen LogP contribution in [0.5, 0.6) is 5.75 Å². The molecule has 5 rings (SSSR count). The molecule has 6 nitrogen and oxygen atoms in total. The topological polar surface area (TPSA) is 64.3 Å². The van der Waals surface area contributed by atoms with Gasteiger partial charge in [-0.2, -0.15) is 0 Å². The largest absolute Gasteiger partial charge is 0.497 e. The fourth-order valence-electron chi connectivity index (χ4n) is 3.38. The minimum absolute atomic E-state index is 0.613. The molecule has 0 saturated heterocycles. The first-order valence-corrected chi connectivity index (χ1v) is 9.60. The summed E-state index contributed by atoms with van der Waals surface area (Å²) in [5, 5.41) is 0. The van der Waals surface area contributed by atoms with Crippen LogP contribution < -0.4 is 9.64 Å². The second kappa shape index (κ2) is 8.14. The summed E-state index contributed by atoms with van der Waals surface area (Å²) in [6.45, 7) is 4.61. The van der Waals surface area contributed by atoms with E-state index in [1.165, 1.54) is 6.39 Å². The molecule has 4 heterocycles. The van der Waals surface area contributed by atoms with Gasteiger partial charge in [-0.1, -0.05) is 26.0 Å². The van der Waals surface area contributed by atoms with Crippen LogP contribution >= 0.6 is 0 Å². The Morgan fingerprint density at radius 3 is 2.21 bits per heavy atom. The van der Waals surface area contributed by atoms with Gasteiger partial charge < -0.3 is 14.1 Å². The number of aromatic nitrogens is 3. The smallest absolute Gasteiger partial charge is 0.182 e. The Morgan fingerprint density at radius 1 is 0.862 bits per heavy atom. The first-order chi connectivity index (χ1) is 14.3. The molecule has 146 valence electrons. The van der Waals surface area contributed by atoms with E-state index in [4.69, 9.17) is 9.15 Å². The van der Waals surface area contributed by atoms with Gasteiger partial charge in [0.2, 0.25) is 0 Å². The second-order valence-electron chi connectivity index (χ2n) is 6.21. The number of ether oxygens (including phenoxy) is 1. The molecule has 0 radical (unpaired) electrons. The molecule has 6 heteroatoms. The normalized spacial score (nSPS) is 11.3. The van der Waals surface area contributed by atoms with Gasteiger partial charge in [-0.05, 0) is 42.0 Å². The molecule has 29 heavy (non-hydrogen) atoms. The Hall–Kier alpha value is -3.67. The van der Waals surface area contributed by atoms with E-state index < -0.39 is 0 Å². The maximum absolute atomic E-state index is 5.73. The highest BCUT2D eigenvalue weighted by Gasteiger charge is 2.29. The molecule has 0 bridgehead atoms. The van der Waals surface area contributed by atoms with E-state index in [9.17, 15) is 0 Å². The Bertz CT molecular complexity index is 1040. The van der Waals surface area contributed by atoms with Crippen LogP contribution in [0.4, 0.5) is 11.6 Å². The van der Waals surface area contributed by atoms with Gasteiger partial charge in [-0.15, -0.1) is 0 Å². The van der Waals surface area contributed by atoms with Crippen LogP contribution in [-0.4, -0.2) is 22.1 Å². The number of hydrogen-bond acceptors (Lipinski definition) is 6. The van der Waals surface area contributed by atoms with Crippen molar-refractivity contribution in [3.63, 3.8) is 0 Å². The van der Waals surface area contributed by atoms with Crippen molar-refractivity contribution in [1.82, 2.24) is 15.0 Å². The molecular formula is C23H22N4O2. The zero-order valence-electron chi connectivity index (χ0n) is 16.7. The first kappa shape index (κ1) is 18.7. The average molecular weight is 386 g/mol. The SMILES string of the molecule is CC.COc1ccc(CN2c3ncccc3-c3ncoc3-c3cccnc32)cc1. The van der Waals surface area contributed by atoms with Crippen LogP contribution in [0.2, 0.25) is 0 Å². The first-order valence-electron chi connectivity index (χ1n) is 9.60. The highest BCUT2D eigenvalue weighted by molar-refractivity contribution is 5.93. The van der Waals surface area contributed by atoms with Crippen LogP contribution in [0, 0.1) is 0 Å². The van der Waals surface area contributed by atoms with E-state index in [1.807, 2.05) is 62.4 Å². The quantitative estimate of drug-likeness (QED) is 0.464. The van der Waals surface area contributed by atoms with E-state index in [-0.39, 0.29) is 0 Å². The number of hydrogen-bond donors (Lipinski definition) is 0. The van der Waals surface area contributed by atoms with Crippen molar-refractivity contribution in [2.45, 2.75) is 20.4 Å². The second-order valence-corrected chi connectivity index (χ2v) is 6.21. The lowest BCUT2D eigenvalue weighted by molar-refractivity contribution is 0.414. The molecule has 4 aromatic rings. The zero-order valence-corrected chi connectivity index (χ0v) is 16.7. The number of anilines is 2. The van der Waals surface area contributed by atoms with Crippen LogP contribution in [0.25, 0.3) is 22.6 Å². The van der Waals surface area contributed by atoms with Gasteiger partial charge in [0.15, 0.2) is 12.2 Å². The van der Waals surface area contributed by atoms with Crippen molar-refractivity contribution in [1.29, 1.82) is 0 Å². The Balaban J connectivity index is 0.000000994. The zero-order chi connectivity index (χ0) is 20.2. The molecular weight excluding hydrogens is 364 g/mol. The van der Waals surface area contributed by atoms with Crippen LogP contribution in [0.3, 0.4) is 0 Å². The van der Waals surface area contributed by atoms with E-state index in [0.717, 1.165) is 39.8 Å². The van der Waals surface area contributed by atoms with E-state index in [0.29, 0.717) is 12.3 Å². The lowest BCUT2D eigenvalue weighted by Gasteiger charge is -2.24. The Labute approximate surface area is 169 Å². The number of methoxy groups -OCH3 is 1. The summed E-state index contributed by atoms with van der Waals surface area (Å²) in [6, 6.07) is 15.8. The fourth-order valence-corrected chi connectivity index (χ4v) is 3.38. The van der Waals surface area contributed by atoms with Gasteiger partial charge in [-0.3, -0.25) is 0 Å². The number of benzene rings is 1. The summed E-state index contributed by atoms with van der Waals surface area (Å²) in [7, 11) is 1.66. The van der Waals surface area contributed by atoms with Gasteiger partial charge in [0, 0.05) is 18.0 Å². The van der Waals surface area contributed by atoms with Crippen molar-refractivity contribution in [2.24, 2.45) is 0 Å². The van der Waals surface area contributed by atoms with Crippen LogP contribution in [0.15, 0.2) is 71.7 Å². The number of fused-ring (bicyclic) bond motifs is 5. The van der Waals surface area contributed by atoms with E-state index >= 15 is 0 Å². The number of rotatable bonds is 3. The van der Waals surface area contributed by atoms with Crippen molar-refractivity contribution in [2.75, 3.05) is 12.0 Å². The molecule has 0 fully saturated rings. The Morgan fingerprint density at radius 2 is 1.52 bits per heavy atom. The molecule has 1 aliphatic rings. The summed E-state index contributed by atoms with van der Waals surface area (Å²) in [5.41, 5.74) is 3.73. The molecule has 0 N–H and O–H groups in total. The number of oxazole rings is 1. The van der Waals surface area contributed by atoms with E-state index in [2.05, 4.69) is 19.9 Å². The molecule has 0 atom stereocenters. The van der Waals surface area contributed by atoms with Gasteiger partial charge in [0.05, 0.1) is 19.2 Å². The molecule has 0 saturated carbocycles. The molecule has 0 unspecified atom stereocenters. The van der Waals surface area contributed by atoms with Crippen LogP contribution in [-0.2, 0) is 6.54 Å². The third kappa shape index (κ3) is 3.33. The maximum atomic E-state index is 5.73. The molecule has 0 spiro atoms. The highest BCUT2D eigenvalue weighted by Crippen LogP contribution is 2.45. The summed E-state index contributed by atoms with van der Waals surface area (Å²) in [5.74, 6) is 3.14. The highest BCUT2D eigenvalue weighted by atomic mass is 16.5. The number of nitrogens with zero attached hydrogens (tertiary/aromatic N) is 4. The predicted molar refractivity (Wildman–Crippen MR) is 113 cm³/mol. The maximum Gasteiger partial charge on any atom is 0.182 e. The molecule has 1 aliphatic heterocycles. The monoisotopic (exact) mass is 386 g/mol. The van der Waals surface area contributed by atoms with Crippen molar-refractivity contribution < 1.29 is 9.15 Å². The standard InChI is InChI=1S/C21H16N4O2.C2H6/c1-26-15-8-6-14(7-9-15)12-25-20-16(4-2-10-22-20)18-19(27-13-24-18)17-5-3-11-23-21(17)25;1-2/h2-11,13H,12H2,1H3;1-2H3. The average Bonchev–Trinajstić information content (AvgIpc) is 3.25. The third-order valence-corrected chi connectivity index (χ3v) is 4.65. The minimum atomic E-state index is 0.613.